The van der Waals surface area contributed by atoms with Gasteiger partial charge in [-0.1, -0.05) is 42.5 Å². The number of nitrogens with one attached hydrogen (secondary N) is 1. The zero-order chi connectivity index (χ0) is 16.8. The smallest absolute Gasteiger partial charge is 0.193 e. The average molecular weight is 453 g/mol. The molecule has 1 aliphatic rings. The number of hydrogen-bond donors (Lipinski definition) is 1. The molecule has 2 aromatic carbocycles. The summed E-state index contributed by atoms with van der Waals surface area (Å²) in [7, 11) is 3.95. The Kier molecular flexibility index (Phi) is 7.36. The van der Waals surface area contributed by atoms with E-state index in [0.717, 1.165) is 17.5 Å². The Balaban J connectivity index is 0.00000225. The van der Waals surface area contributed by atoms with Crippen LogP contribution < -0.4 is 14.8 Å². The van der Waals surface area contributed by atoms with Crippen LogP contribution in [0.5, 0.6) is 11.5 Å². The van der Waals surface area contributed by atoms with Crippen LogP contribution in [0.1, 0.15) is 5.56 Å². The highest BCUT2D eigenvalue weighted by atomic mass is 127. The van der Waals surface area contributed by atoms with Crippen LogP contribution in [0.25, 0.3) is 0 Å². The Morgan fingerprint density at radius 1 is 1.08 bits per heavy atom. The van der Waals surface area contributed by atoms with Gasteiger partial charge in [-0.05, 0) is 17.7 Å². The second kappa shape index (κ2) is 9.50. The maximum atomic E-state index is 5.96. The van der Waals surface area contributed by atoms with E-state index < -0.39 is 0 Å². The predicted octanol–water partition coefficient (Wildman–Crippen LogP) is 3.15. The van der Waals surface area contributed by atoms with Crippen molar-refractivity contribution in [2.75, 3.05) is 27.2 Å². The number of ether oxygens (including phenoxy) is 2. The Morgan fingerprint density at radius 2 is 1.76 bits per heavy atom. The molecular weight excluding hydrogens is 429 g/mol. The van der Waals surface area contributed by atoms with Gasteiger partial charge in [-0.15, -0.1) is 24.0 Å². The van der Waals surface area contributed by atoms with Gasteiger partial charge in [0.1, 0.15) is 12.7 Å². The van der Waals surface area contributed by atoms with Gasteiger partial charge in [0.25, 0.3) is 0 Å². The molecule has 0 saturated carbocycles. The first-order chi connectivity index (χ1) is 11.7. The summed E-state index contributed by atoms with van der Waals surface area (Å²) in [6.45, 7) is 1.82. The maximum Gasteiger partial charge on any atom is 0.193 e. The monoisotopic (exact) mass is 453 g/mol. The summed E-state index contributed by atoms with van der Waals surface area (Å²) >= 11 is 0. The van der Waals surface area contributed by atoms with Gasteiger partial charge < -0.3 is 19.7 Å². The third-order valence-corrected chi connectivity index (χ3v) is 3.73. The van der Waals surface area contributed by atoms with E-state index in [1.807, 2.05) is 61.5 Å². The Morgan fingerprint density at radius 3 is 2.48 bits per heavy atom. The number of benzene rings is 2. The van der Waals surface area contributed by atoms with Crippen LogP contribution in [-0.2, 0) is 6.54 Å². The van der Waals surface area contributed by atoms with E-state index in [9.17, 15) is 0 Å². The van der Waals surface area contributed by atoms with Crippen LogP contribution in [0.3, 0.4) is 0 Å². The number of guanidine groups is 1. The third-order valence-electron chi connectivity index (χ3n) is 3.73. The van der Waals surface area contributed by atoms with Crippen molar-refractivity contribution in [1.82, 2.24) is 10.2 Å². The van der Waals surface area contributed by atoms with Crippen molar-refractivity contribution in [3.8, 4) is 11.5 Å². The van der Waals surface area contributed by atoms with Crippen LogP contribution in [-0.4, -0.2) is 44.2 Å². The number of para-hydroxylation sites is 2. The molecule has 1 aliphatic heterocycles. The molecule has 6 heteroatoms. The maximum absolute atomic E-state index is 5.96. The Hall–Kier alpha value is -1.96. The normalized spacial score (nSPS) is 15.9. The largest absolute Gasteiger partial charge is 0.486 e. The fourth-order valence-corrected chi connectivity index (χ4v) is 2.47. The van der Waals surface area contributed by atoms with E-state index in [2.05, 4.69) is 22.4 Å². The second-order valence-electron chi connectivity index (χ2n) is 5.90. The minimum Gasteiger partial charge on any atom is -0.486 e. The number of aliphatic imine (C=N–C) groups is 1. The lowest BCUT2D eigenvalue weighted by Gasteiger charge is -2.28. The van der Waals surface area contributed by atoms with Crippen molar-refractivity contribution in [2.45, 2.75) is 12.6 Å². The average Bonchev–Trinajstić information content (AvgIpc) is 2.62. The summed E-state index contributed by atoms with van der Waals surface area (Å²) < 4.78 is 11.7. The first-order valence-electron chi connectivity index (χ1n) is 8.10. The molecule has 5 nitrogen and oxygen atoms in total. The van der Waals surface area contributed by atoms with Gasteiger partial charge >= 0.3 is 0 Å². The highest BCUT2D eigenvalue weighted by Crippen LogP contribution is 2.30. The molecule has 3 rings (SSSR count). The summed E-state index contributed by atoms with van der Waals surface area (Å²) in [4.78, 5) is 6.63. The van der Waals surface area contributed by atoms with Gasteiger partial charge in [0.15, 0.2) is 17.5 Å². The third kappa shape index (κ3) is 5.52. The van der Waals surface area contributed by atoms with Gasteiger partial charge in [-0.25, -0.2) is 4.99 Å². The lowest BCUT2D eigenvalue weighted by atomic mass is 10.2. The van der Waals surface area contributed by atoms with Crippen LogP contribution >= 0.6 is 24.0 Å². The van der Waals surface area contributed by atoms with E-state index in [1.165, 1.54) is 5.56 Å². The van der Waals surface area contributed by atoms with Crippen molar-refractivity contribution in [1.29, 1.82) is 0 Å². The van der Waals surface area contributed by atoms with E-state index in [1.54, 1.807) is 0 Å². The van der Waals surface area contributed by atoms with Crippen molar-refractivity contribution in [2.24, 2.45) is 4.99 Å². The molecule has 134 valence electrons. The fourth-order valence-electron chi connectivity index (χ4n) is 2.47. The van der Waals surface area contributed by atoms with Crippen molar-refractivity contribution >= 4 is 29.9 Å². The predicted molar refractivity (Wildman–Crippen MR) is 111 cm³/mol. The van der Waals surface area contributed by atoms with Crippen molar-refractivity contribution in [3.63, 3.8) is 0 Å². The molecular formula is C19H24IN3O2. The molecule has 1 heterocycles. The fraction of sp³-hybridized carbons (Fsp3) is 0.316. The Bertz CT molecular complexity index is 692. The molecule has 1 atom stereocenters. The number of halogens is 1. The molecule has 0 amide bonds. The van der Waals surface area contributed by atoms with Crippen LogP contribution in [0.2, 0.25) is 0 Å². The summed E-state index contributed by atoms with van der Waals surface area (Å²) in [6.07, 6.45) is -0.0400. The van der Waals surface area contributed by atoms with E-state index in [0.29, 0.717) is 19.7 Å². The van der Waals surface area contributed by atoms with E-state index in [-0.39, 0.29) is 30.1 Å². The highest BCUT2D eigenvalue weighted by molar-refractivity contribution is 14.0. The molecule has 1 N–H and O–H groups in total. The molecule has 25 heavy (non-hydrogen) atoms. The van der Waals surface area contributed by atoms with Gasteiger partial charge in [-0.2, -0.15) is 0 Å². The number of nitrogens with zero attached hydrogens (tertiary/aromatic N) is 2. The molecule has 0 radical (unpaired) electrons. The molecule has 0 bridgehead atoms. The number of fused-ring (bicyclic) bond motifs is 1. The summed E-state index contributed by atoms with van der Waals surface area (Å²) in [5, 5.41) is 3.36. The minimum atomic E-state index is -0.0400. The van der Waals surface area contributed by atoms with E-state index >= 15 is 0 Å². The van der Waals surface area contributed by atoms with Crippen LogP contribution in [0, 0.1) is 0 Å². The molecule has 0 saturated heterocycles. The first kappa shape index (κ1) is 19.4. The number of rotatable bonds is 4. The molecule has 0 fully saturated rings. The molecule has 0 aromatic heterocycles. The topological polar surface area (TPSA) is 46.1 Å². The molecule has 1 unspecified atom stereocenters. The summed E-state index contributed by atoms with van der Waals surface area (Å²) in [5.74, 6) is 2.43. The Labute approximate surface area is 166 Å². The molecule has 0 aliphatic carbocycles. The van der Waals surface area contributed by atoms with Gasteiger partial charge in [-0.3, -0.25) is 0 Å². The van der Waals surface area contributed by atoms with Gasteiger partial charge in [0, 0.05) is 14.1 Å². The minimum absolute atomic E-state index is 0. The highest BCUT2D eigenvalue weighted by Gasteiger charge is 2.20. The van der Waals surface area contributed by atoms with Crippen LogP contribution in [0.4, 0.5) is 0 Å². The lowest BCUT2D eigenvalue weighted by Crippen LogP contribution is -2.45. The molecule has 2 aromatic rings. The molecule has 0 spiro atoms. The van der Waals surface area contributed by atoms with Crippen molar-refractivity contribution < 1.29 is 9.47 Å². The van der Waals surface area contributed by atoms with Crippen molar-refractivity contribution in [3.05, 3.63) is 60.2 Å². The van der Waals surface area contributed by atoms with Gasteiger partial charge in [0.2, 0.25) is 0 Å². The first-order valence-corrected chi connectivity index (χ1v) is 8.10. The summed E-state index contributed by atoms with van der Waals surface area (Å²) in [6, 6.07) is 18.0. The standard InChI is InChI=1S/C19H23N3O2.HI/c1-22(2)19(20-12-15-8-4-3-5-9-15)21-13-16-14-23-17-10-6-7-11-18(17)24-16;/h3-11,16H,12-14H2,1-2H3,(H,20,21);1H. The van der Waals surface area contributed by atoms with Gasteiger partial charge in [0.05, 0.1) is 13.1 Å². The zero-order valence-corrected chi connectivity index (χ0v) is 16.8. The second-order valence-corrected chi connectivity index (χ2v) is 5.90. The zero-order valence-electron chi connectivity index (χ0n) is 14.5. The lowest BCUT2D eigenvalue weighted by molar-refractivity contribution is 0.0933. The van der Waals surface area contributed by atoms with Crippen LogP contribution in [0.15, 0.2) is 59.6 Å². The quantitative estimate of drug-likeness (QED) is 0.439. The number of hydrogen-bond acceptors (Lipinski definition) is 3. The SMILES string of the molecule is CN(C)C(=NCc1ccccc1)NCC1COc2ccccc2O1.I. The van der Waals surface area contributed by atoms with E-state index in [4.69, 9.17) is 9.47 Å². The summed E-state index contributed by atoms with van der Waals surface area (Å²) in [5.41, 5.74) is 1.19.